The van der Waals surface area contributed by atoms with Gasteiger partial charge in [-0.25, -0.2) is 0 Å². The van der Waals surface area contributed by atoms with Gasteiger partial charge in [0.15, 0.2) is 0 Å². The van der Waals surface area contributed by atoms with E-state index in [1.807, 2.05) is 0 Å². The Balaban J connectivity index is 1.85. The molecule has 1 saturated carbocycles. The van der Waals surface area contributed by atoms with Crippen LogP contribution in [-0.2, 0) is 6.42 Å². The summed E-state index contributed by atoms with van der Waals surface area (Å²) in [4.78, 5) is 0. The van der Waals surface area contributed by atoms with E-state index in [0.717, 1.165) is 31.2 Å². The van der Waals surface area contributed by atoms with Gasteiger partial charge in [-0.05, 0) is 55.3 Å². The third kappa shape index (κ3) is 2.32. The van der Waals surface area contributed by atoms with Crippen molar-refractivity contribution in [3.05, 3.63) is 29.3 Å². The Kier molecular flexibility index (Phi) is 3.06. The number of hydrogen-bond acceptors (Lipinski definition) is 2. The Hall–Kier alpha value is -1.02. The predicted octanol–water partition coefficient (Wildman–Crippen LogP) is 3.07. The Bertz CT molecular complexity index is 398. The highest BCUT2D eigenvalue weighted by Gasteiger charge is 2.32. The van der Waals surface area contributed by atoms with Crippen LogP contribution >= 0.6 is 0 Å². The SMILES string of the molecule is CCNC(c1ccc2c(c1)CCCO2)C1CC1. The summed E-state index contributed by atoms with van der Waals surface area (Å²) in [5, 5.41) is 3.63. The van der Waals surface area contributed by atoms with Crippen molar-refractivity contribution < 1.29 is 4.74 Å². The lowest BCUT2D eigenvalue weighted by molar-refractivity contribution is 0.288. The third-order valence-electron chi connectivity index (χ3n) is 3.81. The molecule has 1 aliphatic carbocycles. The van der Waals surface area contributed by atoms with Crippen molar-refractivity contribution in [1.82, 2.24) is 5.32 Å². The maximum atomic E-state index is 5.67. The Morgan fingerprint density at radius 3 is 3.06 bits per heavy atom. The predicted molar refractivity (Wildman–Crippen MR) is 69.4 cm³/mol. The molecule has 1 unspecified atom stereocenters. The van der Waals surface area contributed by atoms with Crippen molar-refractivity contribution in [2.24, 2.45) is 5.92 Å². The largest absolute Gasteiger partial charge is 0.493 e. The molecule has 1 N–H and O–H groups in total. The summed E-state index contributed by atoms with van der Waals surface area (Å²) in [6, 6.07) is 7.33. The number of aryl methyl sites for hydroxylation is 1. The zero-order valence-electron chi connectivity index (χ0n) is 10.5. The molecule has 1 fully saturated rings. The van der Waals surface area contributed by atoms with Crippen molar-refractivity contribution in [2.75, 3.05) is 13.2 Å². The highest BCUT2D eigenvalue weighted by molar-refractivity contribution is 5.40. The van der Waals surface area contributed by atoms with E-state index in [1.165, 1.54) is 30.4 Å². The lowest BCUT2D eigenvalue weighted by Gasteiger charge is -2.22. The molecule has 0 aromatic heterocycles. The molecule has 0 bridgehead atoms. The highest BCUT2D eigenvalue weighted by atomic mass is 16.5. The van der Waals surface area contributed by atoms with Crippen molar-refractivity contribution in [1.29, 1.82) is 0 Å². The molecule has 2 heteroatoms. The molecule has 2 aliphatic rings. The molecule has 0 amide bonds. The van der Waals surface area contributed by atoms with Crippen LogP contribution in [-0.4, -0.2) is 13.2 Å². The van der Waals surface area contributed by atoms with Gasteiger partial charge in [0.2, 0.25) is 0 Å². The Morgan fingerprint density at radius 2 is 2.29 bits per heavy atom. The van der Waals surface area contributed by atoms with Crippen LogP contribution in [0.2, 0.25) is 0 Å². The van der Waals surface area contributed by atoms with Gasteiger partial charge in [0, 0.05) is 6.04 Å². The van der Waals surface area contributed by atoms with Crippen LogP contribution in [0.15, 0.2) is 18.2 Å². The van der Waals surface area contributed by atoms with Crippen LogP contribution < -0.4 is 10.1 Å². The molecule has 0 spiro atoms. The number of nitrogens with one attached hydrogen (secondary N) is 1. The molecule has 1 aromatic rings. The van der Waals surface area contributed by atoms with Gasteiger partial charge in [-0.2, -0.15) is 0 Å². The lowest BCUT2D eigenvalue weighted by Crippen LogP contribution is -2.23. The standard InChI is InChI=1S/C15H21NO/c1-2-16-15(11-5-6-11)13-7-8-14-12(10-13)4-3-9-17-14/h7-8,10-11,15-16H,2-6,9H2,1H3. The fourth-order valence-corrected chi connectivity index (χ4v) is 2.78. The van der Waals surface area contributed by atoms with Crippen molar-refractivity contribution in [2.45, 2.75) is 38.6 Å². The Morgan fingerprint density at radius 1 is 1.41 bits per heavy atom. The van der Waals surface area contributed by atoms with E-state index in [9.17, 15) is 0 Å². The summed E-state index contributed by atoms with van der Waals surface area (Å²) < 4.78 is 5.67. The minimum atomic E-state index is 0.562. The van der Waals surface area contributed by atoms with Gasteiger partial charge in [0.1, 0.15) is 5.75 Å². The maximum Gasteiger partial charge on any atom is 0.122 e. The summed E-state index contributed by atoms with van der Waals surface area (Å²) in [7, 11) is 0. The second kappa shape index (κ2) is 4.69. The Labute approximate surface area is 103 Å². The van der Waals surface area contributed by atoms with E-state index in [1.54, 1.807) is 0 Å². The number of benzene rings is 1. The molecular weight excluding hydrogens is 210 g/mol. The van der Waals surface area contributed by atoms with E-state index >= 15 is 0 Å². The van der Waals surface area contributed by atoms with Crippen LogP contribution in [0, 0.1) is 5.92 Å². The topological polar surface area (TPSA) is 21.3 Å². The summed E-state index contributed by atoms with van der Waals surface area (Å²) in [6.45, 7) is 4.12. The molecule has 2 nitrogen and oxygen atoms in total. The van der Waals surface area contributed by atoms with Crippen LogP contribution in [0.3, 0.4) is 0 Å². The summed E-state index contributed by atoms with van der Waals surface area (Å²) in [6.07, 6.45) is 5.09. The second-order valence-corrected chi connectivity index (χ2v) is 5.19. The van der Waals surface area contributed by atoms with Crippen LogP contribution in [0.4, 0.5) is 0 Å². The zero-order chi connectivity index (χ0) is 11.7. The van der Waals surface area contributed by atoms with Gasteiger partial charge in [0.05, 0.1) is 6.61 Å². The minimum Gasteiger partial charge on any atom is -0.493 e. The fraction of sp³-hybridized carbons (Fsp3) is 0.600. The van der Waals surface area contributed by atoms with Gasteiger partial charge in [0.25, 0.3) is 0 Å². The number of fused-ring (bicyclic) bond motifs is 1. The second-order valence-electron chi connectivity index (χ2n) is 5.19. The summed E-state index contributed by atoms with van der Waals surface area (Å²) in [5.41, 5.74) is 2.86. The van der Waals surface area contributed by atoms with E-state index < -0.39 is 0 Å². The molecular formula is C15H21NO. The minimum absolute atomic E-state index is 0.562. The molecule has 0 radical (unpaired) electrons. The van der Waals surface area contributed by atoms with E-state index in [2.05, 4.69) is 30.4 Å². The molecule has 0 saturated heterocycles. The average molecular weight is 231 g/mol. The average Bonchev–Trinajstić information content (AvgIpc) is 3.20. The van der Waals surface area contributed by atoms with Crippen molar-refractivity contribution in [3.63, 3.8) is 0 Å². The van der Waals surface area contributed by atoms with Crippen LogP contribution in [0.5, 0.6) is 5.75 Å². The number of ether oxygens (including phenoxy) is 1. The lowest BCUT2D eigenvalue weighted by atomic mass is 9.97. The van der Waals surface area contributed by atoms with E-state index in [4.69, 9.17) is 4.74 Å². The van der Waals surface area contributed by atoms with Gasteiger partial charge >= 0.3 is 0 Å². The fourth-order valence-electron chi connectivity index (χ4n) is 2.78. The number of hydrogen-bond donors (Lipinski definition) is 1. The van der Waals surface area contributed by atoms with E-state index in [-0.39, 0.29) is 0 Å². The molecule has 92 valence electrons. The van der Waals surface area contributed by atoms with Crippen LogP contribution in [0.25, 0.3) is 0 Å². The molecule has 1 aliphatic heterocycles. The normalized spacial score (nSPS) is 20.5. The van der Waals surface area contributed by atoms with Gasteiger partial charge in [-0.15, -0.1) is 0 Å². The van der Waals surface area contributed by atoms with Crippen molar-refractivity contribution in [3.8, 4) is 5.75 Å². The molecule has 3 rings (SSSR count). The quantitative estimate of drug-likeness (QED) is 0.860. The third-order valence-corrected chi connectivity index (χ3v) is 3.81. The van der Waals surface area contributed by atoms with E-state index in [0.29, 0.717) is 6.04 Å². The molecule has 1 aromatic carbocycles. The first kappa shape index (κ1) is 11.1. The highest BCUT2D eigenvalue weighted by Crippen LogP contribution is 2.42. The molecule has 17 heavy (non-hydrogen) atoms. The van der Waals surface area contributed by atoms with Gasteiger partial charge < -0.3 is 10.1 Å². The first-order valence-electron chi connectivity index (χ1n) is 6.87. The smallest absolute Gasteiger partial charge is 0.122 e. The molecule has 1 heterocycles. The molecule has 1 atom stereocenters. The maximum absolute atomic E-state index is 5.67. The first-order valence-corrected chi connectivity index (χ1v) is 6.87. The van der Waals surface area contributed by atoms with Gasteiger partial charge in [-0.3, -0.25) is 0 Å². The van der Waals surface area contributed by atoms with Crippen LogP contribution in [0.1, 0.15) is 43.4 Å². The zero-order valence-corrected chi connectivity index (χ0v) is 10.5. The summed E-state index contributed by atoms with van der Waals surface area (Å²) >= 11 is 0. The number of rotatable bonds is 4. The van der Waals surface area contributed by atoms with Gasteiger partial charge in [-0.1, -0.05) is 19.1 Å². The summed E-state index contributed by atoms with van der Waals surface area (Å²) in [5.74, 6) is 1.96. The monoisotopic (exact) mass is 231 g/mol. The van der Waals surface area contributed by atoms with Crippen molar-refractivity contribution >= 4 is 0 Å². The first-order chi connectivity index (χ1) is 8.38.